The third-order valence-corrected chi connectivity index (χ3v) is 6.99. The Morgan fingerprint density at radius 1 is 1.28 bits per heavy atom. The molecule has 2 rings (SSSR count). The fraction of sp³-hybridized carbons (Fsp3) is 0.450. The number of methoxy groups -OCH3 is 1. The van der Waals surface area contributed by atoms with Crippen molar-refractivity contribution in [2.75, 3.05) is 26.8 Å². The van der Waals surface area contributed by atoms with E-state index < -0.39 is 39.1 Å². The molecule has 12 heteroatoms. The number of nitro benzene ring substituents is 1. The van der Waals surface area contributed by atoms with Gasteiger partial charge in [-0.15, -0.1) is 0 Å². The van der Waals surface area contributed by atoms with Crippen LogP contribution in [0.2, 0.25) is 5.02 Å². The molecular formula is C20H26ClN3O7S. The van der Waals surface area contributed by atoms with E-state index in [1.54, 1.807) is 32.9 Å². The number of amides is 1. The summed E-state index contributed by atoms with van der Waals surface area (Å²) in [5.74, 6) is 0.783. The predicted molar refractivity (Wildman–Crippen MR) is 118 cm³/mol. The molecule has 0 atom stereocenters. The lowest BCUT2D eigenvalue weighted by Crippen LogP contribution is -2.46. The summed E-state index contributed by atoms with van der Waals surface area (Å²) in [4.78, 5) is 24.6. The summed E-state index contributed by atoms with van der Waals surface area (Å²) < 4.78 is 38.1. The molecule has 1 amide bonds. The lowest BCUT2D eigenvalue weighted by Gasteiger charge is -2.29. The molecule has 0 fully saturated rings. The maximum absolute atomic E-state index is 13.2. The van der Waals surface area contributed by atoms with Gasteiger partial charge in [-0.05, 0) is 45.0 Å². The number of halogens is 1. The third kappa shape index (κ3) is 6.28. The van der Waals surface area contributed by atoms with Gasteiger partial charge in [-0.2, -0.15) is 4.31 Å². The van der Waals surface area contributed by atoms with Crippen LogP contribution in [-0.4, -0.2) is 61.3 Å². The molecule has 0 aliphatic rings. The number of benzene rings is 1. The number of hydrogen-bond acceptors (Lipinski definition) is 7. The number of carbonyl (C=O) groups excluding carboxylic acids is 1. The first-order valence-electron chi connectivity index (χ1n) is 9.75. The number of rotatable bonds is 11. The summed E-state index contributed by atoms with van der Waals surface area (Å²) >= 11 is 5.80. The van der Waals surface area contributed by atoms with Crippen molar-refractivity contribution in [1.82, 2.24) is 9.21 Å². The zero-order valence-electron chi connectivity index (χ0n) is 18.3. The Labute approximate surface area is 191 Å². The molecule has 10 nitrogen and oxygen atoms in total. The van der Waals surface area contributed by atoms with Crippen molar-refractivity contribution >= 4 is 33.2 Å². The second-order valence-corrected chi connectivity index (χ2v) is 9.63. The van der Waals surface area contributed by atoms with Crippen LogP contribution in [-0.2, 0) is 26.1 Å². The summed E-state index contributed by atoms with van der Waals surface area (Å²) in [6.07, 6.45) is 0. The van der Waals surface area contributed by atoms with Crippen molar-refractivity contribution in [2.45, 2.75) is 38.3 Å². The molecule has 1 aromatic carbocycles. The smallest absolute Gasteiger partial charge is 0.289 e. The average molecular weight is 488 g/mol. The highest BCUT2D eigenvalue weighted by atomic mass is 35.5. The lowest BCUT2D eigenvalue weighted by atomic mass is 10.3. The van der Waals surface area contributed by atoms with Crippen LogP contribution < -0.4 is 0 Å². The Morgan fingerprint density at radius 2 is 1.97 bits per heavy atom. The van der Waals surface area contributed by atoms with Crippen molar-refractivity contribution in [2.24, 2.45) is 0 Å². The minimum absolute atomic E-state index is 0.147. The molecule has 1 heterocycles. The molecular weight excluding hydrogens is 462 g/mol. The monoisotopic (exact) mass is 487 g/mol. The molecule has 32 heavy (non-hydrogen) atoms. The highest BCUT2D eigenvalue weighted by Gasteiger charge is 2.32. The van der Waals surface area contributed by atoms with E-state index in [9.17, 15) is 23.3 Å². The van der Waals surface area contributed by atoms with Gasteiger partial charge in [0.25, 0.3) is 5.69 Å². The highest BCUT2D eigenvalue weighted by molar-refractivity contribution is 7.89. The Hall–Kier alpha value is -2.47. The van der Waals surface area contributed by atoms with Gasteiger partial charge in [0.1, 0.15) is 16.5 Å². The van der Waals surface area contributed by atoms with Gasteiger partial charge in [-0.1, -0.05) is 11.6 Å². The van der Waals surface area contributed by atoms with E-state index >= 15 is 0 Å². The van der Waals surface area contributed by atoms with Crippen LogP contribution in [0.4, 0.5) is 5.69 Å². The summed E-state index contributed by atoms with van der Waals surface area (Å²) in [6, 6.07) is 6.15. The molecule has 0 aliphatic heterocycles. The molecule has 0 saturated carbocycles. The number of furan rings is 1. The quantitative estimate of drug-likeness (QED) is 0.352. The van der Waals surface area contributed by atoms with Crippen LogP contribution in [0.1, 0.15) is 25.4 Å². The number of hydrogen-bond donors (Lipinski definition) is 0. The predicted octanol–water partition coefficient (Wildman–Crippen LogP) is 3.22. The normalized spacial score (nSPS) is 11.8. The second-order valence-electron chi connectivity index (χ2n) is 7.33. The number of nitro groups is 1. The second kappa shape index (κ2) is 10.9. The fourth-order valence-corrected chi connectivity index (χ4v) is 4.75. The van der Waals surface area contributed by atoms with Gasteiger partial charge >= 0.3 is 0 Å². The number of nitrogens with zero attached hydrogens (tertiary/aromatic N) is 3. The molecule has 0 spiro atoms. The standard InChI is InChI=1S/C20H26ClN3O7S/c1-14(2)23(32(28,29)17-7-8-18(21)19(11-17)24(26)27)13-20(25)22(9-10-30-4)12-16-6-5-15(3)31-16/h5-8,11,14H,9-10,12-13H2,1-4H3. The van der Waals surface area contributed by atoms with Crippen molar-refractivity contribution in [3.8, 4) is 0 Å². The van der Waals surface area contributed by atoms with E-state index in [1.807, 2.05) is 0 Å². The average Bonchev–Trinajstić information content (AvgIpc) is 3.13. The van der Waals surface area contributed by atoms with Gasteiger partial charge in [-0.3, -0.25) is 14.9 Å². The first kappa shape index (κ1) is 25.8. The number of sulfonamides is 1. The minimum Gasteiger partial charge on any atom is -0.464 e. The molecule has 1 aromatic heterocycles. The summed E-state index contributed by atoms with van der Waals surface area (Å²) in [5.41, 5.74) is -0.530. The number of aryl methyl sites for hydroxylation is 1. The Balaban J connectivity index is 2.32. The summed E-state index contributed by atoms with van der Waals surface area (Å²) in [7, 11) is -2.72. The van der Waals surface area contributed by atoms with Gasteiger partial charge in [-0.25, -0.2) is 8.42 Å². The van der Waals surface area contributed by atoms with Crippen LogP contribution in [0.3, 0.4) is 0 Å². The number of ether oxygens (including phenoxy) is 1. The van der Waals surface area contributed by atoms with Crippen molar-refractivity contribution in [1.29, 1.82) is 0 Å². The van der Waals surface area contributed by atoms with Crippen LogP contribution in [0, 0.1) is 17.0 Å². The van der Waals surface area contributed by atoms with Crippen LogP contribution in [0.25, 0.3) is 0 Å². The topological polar surface area (TPSA) is 123 Å². The maximum Gasteiger partial charge on any atom is 0.289 e. The summed E-state index contributed by atoms with van der Waals surface area (Å²) in [6.45, 7) is 5.18. The largest absolute Gasteiger partial charge is 0.464 e. The molecule has 0 saturated heterocycles. The van der Waals surface area contributed by atoms with E-state index in [-0.39, 0.29) is 29.6 Å². The molecule has 2 aromatic rings. The lowest BCUT2D eigenvalue weighted by molar-refractivity contribution is -0.384. The van der Waals surface area contributed by atoms with Crippen molar-refractivity contribution in [3.05, 3.63) is 57.0 Å². The van der Waals surface area contributed by atoms with Gasteiger partial charge in [0.15, 0.2) is 0 Å². The van der Waals surface area contributed by atoms with E-state index in [1.165, 1.54) is 18.1 Å². The Bertz CT molecular complexity index is 1070. The zero-order valence-corrected chi connectivity index (χ0v) is 19.9. The van der Waals surface area contributed by atoms with Gasteiger partial charge in [0.2, 0.25) is 15.9 Å². The SMILES string of the molecule is COCCN(Cc1ccc(C)o1)C(=O)CN(C(C)C)S(=O)(=O)c1ccc(Cl)c([N+](=O)[O-])c1. The van der Waals surface area contributed by atoms with E-state index in [2.05, 4.69) is 0 Å². The van der Waals surface area contributed by atoms with E-state index in [4.69, 9.17) is 20.8 Å². The van der Waals surface area contributed by atoms with E-state index in [0.29, 0.717) is 11.5 Å². The van der Waals surface area contributed by atoms with Crippen molar-refractivity contribution in [3.63, 3.8) is 0 Å². The molecule has 0 aliphatic carbocycles. The maximum atomic E-state index is 13.2. The summed E-state index contributed by atoms with van der Waals surface area (Å²) in [5, 5.41) is 11.0. The molecule has 176 valence electrons. The van der Waals surface area contributed by atoms with Crippen LogP contribution >= 0.6 is 11.6 Å². The molecule has 0 bridgehead atoms. The minimum atomic E-state index is -4.22. The molecule has 0 radical (unpaired) electrons. The highest BCUT2D eigenvalue weighted by Crippen LogP contribution is 2.29. The Kier molecular flexibility index (Phi) is 8.79. The molecule has 0 N–H and O–H groups in total. The zero-order chi connectivity index (χ0) is 24.1. The van der Waals surface area contributed by atoms with Gasteiger partial charge < -0.3 is 14.1 Å². The van der Waals surface area contributed by atoms with E-state index in [0.717, 1.165) is 16.4 Å². The van der Waals surface area contributed by atoms with Crippen LogP contribution in [0.5, 0.6) is 0 Å². The molecule has 0 unspecified atom stereocenters. The van der Waals surface area contributed by atoms with Gasteiger partial charge in [0.05, 0.1) is 29.5 Å². The van der Waals surface area contributed by atoms with Crippen LogP contribution in [0.15, 0.2) is 39.6 Å². The first-order chi connectivity index (χ1) is 15.0. The van der Waals surface area contributed by atoms with Gasteiger partial charge in [0, 0.05) is 25.8 Å². The first-order valence-corrected chi connectivity index (χ1v) is 11.6. The number of carbonyl (C=O) groups is 1. The van der Waals surface area contributed by atoms with Crippen molar-refractivity contribution < 1.29 is 27.3 Å². The fourth-order valence-electron chi connectivity index (χ4n) is 2.96. The Morgan fingerprint density at radius 3 is 2.50 bits per heavy atom. The third-order valence-electron chi connectivity index (χ3n) is 4.65.